The first-order valence-electron chi connectivity index (χ1n) is 11.9. The number of benzene rings is 2. The van der Waals surface area contributed by atoms with Gasteiger partial charge in [0.05, 0.1) is 13.0 Å². The summed E-state index contributed by atoms with van der Waals surface area (Å²) >= 11 is 0. The van der Waals surface area contributed by atoms with Gasteiger partial charge in [-0.2, -0.15) is 5.21 Å². The van der Waals surface area contributed by atoms with Crippen molar-refractivity contribution in [3.8, 4) is 11.1 Å². The number of aromatic nitrogens is 4. The van der Waals surface area contributed by atoms with Crippen molar-refractivity contribution >= 4 is 5.97 Å². The first-order chi connectivity index (χ1) is 16.2. The van der Waals surface area contributed by atoms with Crippen LogP contribution in [0.15, 0.2) is 48.5 Å². The van der Waals surface area contributed by atoms with E-state index in [1.165, 1.54) is 36.6 Å². The van der Waals surface area contributed by atoms with Crippen LogP contribution in [-0.2, 0) is 16.0 Å². The Bertz CT molecular complexity index is 1010. The first kappa shape index (κ1) is 23.1. The van der Waals surface area contributed by atoms with E-state index in [-0.39, 0.29) is 17.8 Å². The number of carbonyl (C=O) groups is 1. The minimum absolute atomic E-state index is 0.216. The highest BCUT2D eigenvalue weighted by atomic mass is 16.5. The molecule has 7 heteroatoms. The minimum atomic E-state index is -0.326. The van der Waals surface area contributed by atoms with Gasteiger partial charge in [0.15, 0.2) is 5.82 Å². The lowest BCUT2D eigenvalue weighted by Crippen LogP contribution is -2.26. The van der Waals surface area contributed by atoms with Gasteiger partial charge < -0.3 is 10.1 Å². The van der Waals surface area contributed by atoms with E-state index in [0.29, 0.717) is 24.6 Å². The zero-order valence-electron chi connectivity index (χ0n) is 19.5. The molecule has 0 amide bonds. The van der Waals surface area contributed by atoms with Crippen LogP contribution in [0.3, 0.4) is 0 Å². The van der Waals surface area contributed by atoms with Crippen molar-refractivity contribution in [3.05, 3.63) is 65.5 Å². The second-order valence-corrected chi connectivity index (χ2v) is 8.80. The number of tetrazole rings is 1. The van der Waals surface area contributed by atoms with Crippen LogP contribution in [-0.4, -0.2) is 46.8 Å². The molecule has 33 heavy (non-hydrogen) atoms. The topological polar surface area (TPSA) is 92.8 Å². The molecule has 1 aliphatic rings. The van der Waals surface area contributed by atoms with Crippen LogP contribution in [0.5, 0.6) is 0 Å². The zero-order valence-corrected chi connectivity index (χ0v) is 19.5. The number of nitrogens with zero attached hydrogens (tertiary/aromatic N) is 3. The molecule has 0 bridgehead atoms. The third-order valence-corrected chi connectivity index (χ3v) is 6.77. The molecule has 0 unspecified atom stereocenters. The number of esters is 1. The van der Waals surface area contributed by atoms with E-state index in [1.807, 2.05) is 6.07 Å². The lowest BCUT2D eigenvalue weighted by atomic mass is 9.81. The van der Waals surface area contributed by atoms with Gasteiger partial charge in [-0.25, -0.2) is 0 Å². The van der Waals surface area contributed by atoms with Gasteiger partial charge in [-0.15, -0.1) is 10.2 Å². The Balaban J connectivity index is 1.63. The number of H-pyrrole nitrogens is 1. The smallest absolute Gasteiger partial charge is 0.309 e. The van der Waals surface area contributed by atoms with Crippen molar-refractivity contribution < 1.29 is 9.53 Å². The van der Waals surface area contributed by atoms with Crippen LogP contribution in [0.25, 0.3) is 11.1 Å². The van der Waals surface area contributed by atoms with E-state index >= 15 is 0 Å². The fourth-order valence-corrected chi connectivity index (χ4v) is 4.99. The lowest BCUT2D eigenvalue weighted by molar-refractivity contribution is -0.146. The molecule has 1 aliphatic heterocycles. The quantitative estimate of drug-likeness (QED) is 0.477. The second kappa shape index (κ2) is 11.2. The Labute approximate surface area is 195 Å². The Morgan fingerprint density at radius 1 is 1.12 bits per heavy atom. The fraction of sp³-hybridized carbons (Fsp3) is 0.462. The predicted molar refractivity (Wildman–Crippen MR) is 128 cm³/mol. The molecule has 174 valence electrons. The monoisotopic (exact) mass is 447 g/mol. The van der Waals surface area contributed by atoms with E-state index in [9.17, 15) is 4.79 Å². The summed E-state index contributed by atoms with van der Waals surface area (Å²) in [5.41, 5.74) is 4.92. The number of methoxy groups -OCH3 is 1. The molecule has 1 saturated heterocycles. The molecule has 2 atom stereocenters. The summed E-state index contributed by atoms with van der Waals surface area (Å²) in [6.45, 7) is 4.25. The molecule has 1 fully saturated rings. The van der Waals surface area contributed by atoms with Crippen molar-refractivity contribution in [1.82, 2.24) is 25.9 Å². The van der Waals surface area contributed by atoms with E-state index in [0.717, 1.165) is 25.1 Å². The molecule has 0 aliphatic carbocycles. The highest BCUT2D eigenvalue weighted by molar-refractivity contribution is 5.74. The average Bonchev–Trinajstić information content (AvgIpc) is 3.41. The summed E-state index contributed by atoms with van der Waals surface area (Å²) < 4.78 is 5.14. The number of carbonyl (C=O) groups excluding carboxylic acids is 1. The Hall–Kier alpha value is -3.06. The maximum atomic E-state index is 12.7. The summed E-state index contributed by atoms with van der Waals surface area (Å²) in [5, 5.41) is 18.2. The number of ether oxygens (including phenoxy) is 1. The average molecular weight is 448 g/mol. The second-order valence-electron chi connectivity index (χ2n) is 8.80. The molecule has 4 rings (SSSR count). The van der Waals surface area contributed by atoms with Gasteiger partial charge in [0, 0.05) is 5.92 Å². The molecule has 0 saturated carbocycles. The molecule has 0 radical (unpaired) electrons. The van der Waals surface area contributed by atoms with E-state index in [2.05, 4.69) is 75.3 Å². The molecule has 3 aromatic rings. The Morgan fingerprint density at radius 2 is 1.88 bits per heavy atom. The zero-order chi connectivity index (χ0) is 23.0. The molecule has 2 N–H and O–H groups in total. The summed E-state index contributed by atoms with van der Waals surface area (Å²) in [4.78, 5) is 12.7. The number of piperidine rings is 1. The summed E-state index contributed by atoms with van der Waals surface area (Å²) in [6.07, 6.45) is 4.59. The van der Waals surface area contributed by atoms with E-state index in [1.54, 1.807) is 0 Å². The number of rotatable bonds is 9. The Kier molecular flexibility index (Phi) is 7.83. The van der Waals surface area contributed by atoms with Crippen LogP contribution in [0.1, 0.15) is 61.4 Å². The normalized spacial score (nSPS) is 16.3. The summed E-state index contributed by atoms with van der Waals surface area (Å²) in [6, 6.07) is 17.4. The summed E-state index contributed by atoms with van der Waals surface area (Å²) in [5.74, 6) is 0.414. The van der Waals surface area contributed by atoms with Gasteiger partial charge in [-0.05, 0) is 66.9 Å². The Morgan fingerprint density at radius 3 is 2.55 bits per heavy atom. The van der Waals surface area contributed by atoms with Gasteiger partial charge >= 0.3 is 5.97 Å². The van der Waals surface area contributed by atoms with Gasteiger partial charge in [-0.1, -0.05) is 67.1 Å². The van der Waals surface area contributed by atoms with Crippen LogP contribution in [0.4, 0.5) is 0 Å². The number of nitrogens with one attached hydrogen (secondary N) is 2. The minimum Gasteiger partial charge on any atom is -0.469 e. The molecule has 1 aromatic heterocycles. The maximum Gasteiger partial charge on any atom is 0.309 e. The first-order valence-corrected chi connectivity index (χ1v) is 11.9. The number of aromatic amines is 1. The molecular weight excluding hydrogens is 414 g/mol. The van der Waals surface area contributed by atoms with Gasteiger partial charge in [-0.3, -0.25) is 4.79 Å². The van der Waals surface area contributed by atoms with Crippen LogP contribution in [0.2, 0.25) is 0 Å². The molecule has 7 nitrogen and oxygen atoms in total. The van der Waals surface area contributed by atoms with Crippen LogP contribution < -0.4 is 5.32 Å². The predicted octanol–water partition coefficient (Wildman–Crippen LogP) is 4.25. The highest BCUT2D eigenvalue weighted by Gasteiger charge is 2.33. The maximum absolute atomic E-state index is 12.7. The van der Waals surface area contributed by atoms with Crippen LogP contribution >= 0.6 is 0 Å². The lowest BCUT2D eigenvalue weighted by Gasteiger charge is -2.24. The van der Waals surface area contributed by atoms with Crippen molar-refractivity contribution in [2.45, 2.75) is 50.9 Å². The summed E-state index contributed by atoms with van der Waals surface area (Å²) in [7, 11) is 1.44. The SMILES string of the molecule is CCC[C@H](C(=O)OC)[C@H](Cc1ccccc1-c1ccc(C2CCNCC2)cc1)c1nn[nH]n1. The molecular formula is C26H33N5O2. The highest BCUT2D eigenvalue weighted by Crippen LogP contribution is 2.35. The molecule has 2 aromatic carbocycles. The van der Waals surface area contributed by atoms with Crippen molar-refractivity contribution in [3.63, 3.8) is 0 Å². The van der Waals surface area contributed by atoms with Gasteiger partial charge in [0.2, 0.25) is 0 Å². The third kappa shape index (κ3) is 5.47. The molecule has 0 spiro atoms. The van der Waals surface area contributed by atoms with Crippen molar-refractivity contribution in [1.29, 1.82) is 0 Å². The number of hydrogen-bond donors (Lipinski definition) is 2. The van der Waals surface area contributed by atoms with E-state index < -0.39 is 0 Å². The molecule has 2 heterocycles. The van der Waals surface area contributed by atoms with Crippen LogP contribution in [0, 0.1) is 5.92 Å². The number of hydrogen-bond acceptors (Lipinski definition) is 6. The standard InChI is InChI=1S/C26H33N5O2/c1-3-6-23(26(32)33-2)24(25-28-30-31-29-25)17-21-7-4-5-8-22(21)20-11-9-18(10-12-20)19-13-15-27-16-14-19/h4-5,7-12,19,23-24,27H,3,6,13-17H2,1-2H3,(H,28,29,30,31)/t23-,24-/m0/s1. The van der Waals surface area contributed by atoms with Gasteiger partial charge in [0.25, 0.3) is 0 Å². The van der Waals surface area contributed by atoms with E-state index in [4.69, 9.17) is 4.74 Å². The van der Waals surface area contributed by atoms with Gasteiger partial charge in [0.1, 0.15) is 0 Å². The third-order valence-electron chi connectivity index (χ3n) is 6.77. The fourth-order valence-electron chi connectivity index (χ4n) is 4.99. The van der Waals surface area contributed by atoms with Crippen molar-refractivity contribution in [2.24, 2.45) is 5.92 Å². The van der Waals surface area contributed by atoms with Crippen molar-refractivity contribution in [2.75, 3.05) is 20.2 Å². The largest absolute Gasteiger partial charge is 0.469 e.